The summed E-state index contributed by atoms with van der Waals surface area (Å²) in [7, 11) is -15.0. The first kappa shape index (κ1) is 34.6. The minimum Gasteiger partial charge on any atom is -0.744 e. The second kappa shape index (κ2) is 12.9. The van der Waals surface area contributed by atoms with Gasteiger partial charge in [0, 0.05) is 22.3 Å². The van der Waals surface area contributed by atoms with Crippen LogP contribution in [0.5, 0.6) is 0 Å². The minimum absolute atomic E-state index is 0. The molecular weight excluding hydrogens is 532 g/mol. The van der Waals surface area contributed by atoms with Crippen LogP contribution in [-0.4, -0.2) is 50.5 Å². The van der Waals surface area contributed by atoms with Crippen molar-refractivity contribution in [2.45, 2.75) is 4.90 Å². The zero-order valence-electron chi connectivity index (χ0n) is 16.8. The van der Waals surface area contributed by atoms with E-state index in [4.69, 9.17) is 4.55 Å². The fraction of sp³-hybridized carbons (Fsp3) is 0. The van der Waals surface area contributed by atoms with Gasteiger partial charge < -0.3 is 15.3 Å². The van der Waals surface area contributed by atoms with E-state index >= 15 is 0 Å². The molecule has 0 saturated heterocycles. The van der Waals surface area contributed by atoms with Crippen LogP contribution in [0.2, 0.25) is 0 Å². The molecule has 4 N–H and O–H groups in total. The number of carbonyl (C=O) groups excluding carboxylic acids is 2. The zero-order chi connectivity index (χ0) is 22.9. The number of fused-ring (bicyclic) bond motifs is 2. The number of hydrogen-bond donors (Lipinski definition) is 2. The summed E-state index contributed by atoms with van der Waals surface area (Å²) in [5.41, 5.74) is 0.555. The molecule has 19 heteroatoms. The summed E-state index contributed by atoms with van der Waals surface area (Å²) in [6.45, 7) is 0. The van der Waals surface area contributed by atoms with Crippen molar-refractivity contribution in [1.29, 1.82) is 0 Å². The van der Waals surface area contributed by atoms with Gasteiger partial charge >= 0.3 is 69.5 Å². The molecule has 0 unspecified atom stereocenters. The maximum Gasteiger partial charge on any atom is 1.00 e. The van der Waals surface area contributed by atoms with Crippen molar-refractivity contribution in [3.8, 4) is 0 Å². The second-order valence-electron chi connectivity index (χ2n) is 5.34. The molecule has 0 aliphatic heterocycles. The Morgan fingerprint density at radius 2 is 1.12 bits per heavy atom. The number of rotatable bonds is 4. The van der Waals surface area contributed by atoms with Gasteiger partial charge in [-0.05, 0) is 18.2 Å². The average molecular weight is 543 g/mol. The second-order valence-corrected chi connectivity index (χ2v) is 8.66. The van der Waals surface area contributed by atoms with Crippen LogP contribution >= 0.6 is 0 Å². The standard InChI is InChI=1S/C14H8O5S.H3N.2Na.H2O8S2/c15-13-9-3-1-2-4-10(9)14(16)12-7-8(20(17,18)19)5-6-11(12)13;;;;1-9(2,3)7-8-10(4,5)6/h1-7H,(H,17,18,19);1H3;;;(H,1,2,3)(H,4,5,6)/q;;2*+1;/p-2. The van der Waals surface area contributed by atoms with E-state index in [1.165, 1.54) is 18.2 Å². The van der Waals surface area contributed by atoms with E-state index in [2.05, 4.69) is 8.67 Å². The number of hydrogen-bond acceptors (Lipinski definition) is 13. The van der Waals surface area contributed by atoms with Gasteiger partial charge in [0.2, 0.25) is 10.4 Å². The van der Waals surface area contributed by atoms with Crippen molar-refractivity contribution >= 4 is 42.5 Å². The van der Waals surface area contributed by atoms with Crippen LogP contribution < -0.4 is 65.3 Å². The Morgan fingerprint density at radius 3 is 1.48 bits per heavy atom. The molecule has 170 valence electrons. The summed E-state index contributed by atoms with van der Waals surface area (Å²) in [5.74, 6) is -0.814. The predicted molar refractivity (Wildman–Crippen MR) is 96.2 cm³/mol. The molecule has 14 nitrogen and oxygen atoms in total. The quantitative estimate of drug-likeness (QED) is 0.102. The van der Waals surface area contributed by atoms with Crippen LogP contribution in [0.1, 0.15) is 31.8 Å². The fourth-order valence-corrected chi connectivity index (χ4v) is 3.35. The average Bonchev–Trinajstić information content (AvgIpc) is 2.63. The maximum absolute atomic E-state index is 12.3. The Kier molecular flexibility index (Phi) is 13.5. The van der Waals surface area contributed by atoms with Gasteiger partial charge in [0.05, 0.1) is 4.90 Å². The normalized spacial score (nSPS) is 12.5. The van der Waals surface area contributed by atoms with Gasteiger partial charge in [0.25, 0.3) is 0 Å². The summed E-state index contributed by atoms with van der Waals surface area (Å²) in [4.78, 5) is 24.0. The Morgan fingerprint density at radius 1 is 0.697 bits per heavy atom. The van der Waals surface area contributed by atoms with Crippen molar-refractivity contribution in [1.82, 2.24) is 6.15 Å². The van der Waals surface area contributed by atoms with E-state index in [-0.39, 0.29) is 93.3 Å². The van der Waals surface area contributed by atoms with Crippen LogP contribution in [0.4, 0.5) is 0 Å². The van der Waals surface area contributed by atoms with Crippen LogP contribution in [-0.2, 0) is 39.6 Å². The Hall–Kier alpha value is -0.610. The Bertz CT molecular complexity index is 1320. The van der Waals surface area contributed by atoms with E-state index in [0.717, 1.165) is 12.1 Å². The largest absolute Gasteiger partial charge is 1.00 e. The first-order chi connectivity index (χ1) is 13.6. The third-order valence-electron chi connectivity index (χ3n) is 3.38. The third-order valence-corrected chi connectivity index (χ3v) is 4.77. The number of ketones is 2. The molecule has 2 aromatic rings. The molecule has 0 heterocycles. The summed E-state index contributed by atoms with van der Waals surface area (Å²) in [5, 5.41) is 0. The summed E-state index contributed by atoms with van der Waals surface area (Å²) in [6.07, 6.45) is 0. The monoisotopic (exact) mass is 543 g/mol. The molecule has 1 aliphatic rings. The third kappa shape index (κ3) is 9.88. The van der Waals surface area contributed by atoms with Gasteiger partial charge in [-0.3, -0.25) is 14.1 Å². The van der Waals surface area contributed by atoms with Gasteiger partial charge in [0.1, 0.15) is 10.1 Å². The fourth-order valence-electron chi connectivity index (χ4n) is 2.30. The molecule has 0 spiro atoms. The molecule has 0 radical (unpaired) electrons. The minimum atomic E-state index is -5.27. The van der Waals surface area contributed by atoms with E-state index < -0.39 is 41.6 Å². The first-order valence-electron chi connectivity index (χ1n) is 7.19. The zero-order valence-corrected chi connectivity index (χ0v) is 23.3. The molecule has 2 aromatic carbocycles. The van der Waals surface area contributed by atoms with Gasteiger partial charge in [-0.1, -0.05) is 32.9 Å². The molecule has 33 heavy (non-hydrogen) atoms. The van der Waals surface area contributed by atoms with Crippen LogP contribution in [0, 0.1) is 0 Å². The Labute approximate surface area is 232 Å². The van der Waals surface area contributed by atoms with Crippen LogP contribution in [0.15, 0.2) is 47.4 Å². The topological polar surface area (TPSA) is 256 Å². The maximum atomic E-state index is 12.3. The van der Waals surface area contributed by atoms with Gasteiger partial charge in [-0.2, -0.15) is 8.42 Å². The van der Waals surface area contributed by atoms with Crippen LogP contribution in [0.25, 0.3) is 0 Å². The predicted octanol–water partition coefficient (Wildman–Crippen LogP) is -6.27. The van der Waals surface area contributed by atoms with Crippen molar-refractivity contribution in [3.05, 3.63) is 64.7 Å². The molecule has 0 atom stereocenters. The molecule has 0 amide bonds. The van der Waals surface area contributed by atoms with Gasteiger partial charge in [-0.25, -0.2) is 16.8 Å². The first-order valence-corrected chi connectivity index (χ1v) is 11.3. The molecule has 0 aromatic heterocycles. The van der Waals surface area contributed by atoms with E-state index in [0.29, 0.717) is 0 Å². The van der Waals surface area contributed by atoms with Gasteiger partial charge in [0.15, 0.2) is 11.6 Å². The van der Waals surface area contributed by atoms with Crippen molar-refractivity contribution < 1.29 is 116 Å². The van der Waals surface area contributed by atoms with Crippen molar-refractivity contribution in [3.63, 3.8) is 0 Å². The smallest absolute Gasteiger partial charge is 0.744 e. The molecule has 3 rings (SSSR count). The summed E-state index contributed by atoms with van der Waals surface area (Å²) < 4.78 is 93.2. The van der Waals surface area contributed by atoms with Crippen molar-refractivity contribution in [2.75, 3.05) is 0 Å². The van der Waals surface area contributed by atoms with E-state index in [9.17, 15) is 43.9 Å². The Balaban J connectivity index is 0. The summed E-state index contributed by atoms with van der Waals surface area (Å²) in [6, 6.07) is 9.51. The SMILES string of the molecule is N.O=C1c2ccccc2C(=O)c2cc(S(=O)(=O)[O-])ccc21.O=S(=O)([O-])OOS(=O)(=O)O.[Na+].[Na+]. The van der Waals surface area contributed by atoms with Gasteiger partial charge in [-0.15, -0.1) is 0 Å². The molecule has 0 bridgehead atoms. The molecular formula is C14H11NNa2O13S3. The van der Waals surface area contributed by atoms with E-state index in [1.54, 1.807) is 12.1 Å². The number of benzene rings is 2. The summed E-state index contributed by atoms with van der Waals surface area (Å²) >= 11 is 0. The van der Waals surface area contributed by atoms with E-state index in [1.807, 2.05) is 0 Å². The molecule has 1 aliphatic carbocycles. The number of carbonyl (C=O) groups is 2. The molecule has 0 fully saturated rings. The van der Waals surface area contributed by atoms with Crippen molar-refractivity contribution in [2.24, 2.45) is 0 Å². The molecule has 0 saturated carbocycles. The van der Waals surface area contributed by atoms with Crippen LogP contribution in [0.3, 0.4) is 0 Å².